The van der Waals surface area contributed by atoms with Gasteiger partial charge in [0.1, 0.15) is 11.6 Å². The van der Waals surface area contributed by atoms with Crippen LogP contribution in [0.25, 0.3) is 11.1 Å². The molecule has 2 heterocycles. The molecule has 0 aliphatic carbocycles. The smallest absolute Gasteiger partial charge is 0.331 e. The summed E-state index contributed by atoms with van der Waals surface area (Å²) in [6.07, 6.45) is 0.405. The van der Waals surface area contributed by atoms with Crippen LogP contribution in [0.5, 0.6) is 5.75 Å². The van der Waals surface area contributed by atoms with Gasteiger partial charge in [-0.2, -0.15) is 0 Å². The Bertz CT molecular complexity index is 1490. The number of nitrogens with two attached hydrogens (primary N) is 1. The van der Waals surface area contributed by atoms with Gasteiger partial charge < -0.3 is 10.5 Å². The third kappa shape index (κ3) is 4.87. The number of hydrogen-bond acceptors (Lipinski definition) is 5. The predicted molar refractivity (Wildman–Crippen MR) is 133 cm³/mol. The minimum atomic E-state index is -0.845. The van der Waals surface area contributed by atoms with E-state index in [0.29, 0.717) is 6.42 Å². The third-order valence-electron chi connectivity index (χ3n) is 5.98. The molecule has 0 aliphatic heterocycles. The zero-order valence-electron chi connectivity index (χ0n) is 19.6. The normalized spacial score (nSPS) is 12.1. The molecule has 0 spiro atoms. The third-order valence-corrected chi connectivity index (χ3v) is 6.88. The monoisotopic (exact) mass is 515 g/mol. The lowest BCUT2D eigenvalue weighted by Crippen LogP contribution is -2.46. The summed E-state index contributed by atoms with van der Waals surface area (Å²) in [5, 5.41) is 1.89. The molecule has 36 heavy (non-hydrogen) atoms. The van der Waals surface area contributed by atoms with Crippen molar-refractivity contribution in [2.45, 2.75) is 32.5 Å². The average molecular weight is 516 g/mol. The zero-order chi connectivity index (χ0) is 26.0. The topological polar surface area (TPSA) is 79.2 Å². The minimum Gasteiger partial charge on any atom is -0.494 e. The Morgan fingerprint density at radius 3 is 2.33 bits per heavy atom. The fourth-order valence-corrected chi connectivity index (χ4v) is 4.95. The molecule has 0 aliphatic rings. The summed E-state index contributed by atoms with van der Waals surface area (Å²) < 4.78 is 51.2. The molecule has 4 rings (SSSR count). The lowest BCUT2D eigenvalue weighted by atomic mass is 10.0. The van der Waals surface area contributed by atoms with Gasteiger partial charge in [-0.15, -0.1) is 11.3 Å². The van der Waals surface area contributed by atoms with Crippen LogP contribution in [0.15, 0.2) is 63.5 Å². The number of hydrogen-bond donors (Lipinski definition) is 1. The van der Waals surface area contributed by atoms with Crippen molar-refractivity contribution >= 4 is 11.3 Å². The Labute approximate surface area is 209 Å². The first-order valence-corrected chi connectivity index (χ1v) is 12.0. The maximum atomic E-state index is 15.2. The summed E-state index contributed by atoms with van der Waals surface area (Å²) in [5.41, 5.74) is 4.21. The highest BCUT2D eigenvalue weighted by Crippen LogP contribution is 2.29. The second kappa shape index (κ2) is 10.5. The molecule has 0 saturated carbocycles. The van der Waals surface area contributed by atoms with Gasteiger partial charge in [-0.25, -0.2) is 18.0 Å². The number of halogens is 3. The Kier molecular flexibility index (Phi) is 7.46. The van der Waals surface area contributed by atoms with Crippen molar-refractivity contribution in [3.05, 3.63) is 108 Å². The van der Waals surface area contributed by atoms with E-state index >= 15 is 4.39 Å². The van der Waals surface area contributed by atoms with E-state index in [4.69, 9.17) is 10.5 Å². The molecule has 2 N–H and O–H groups in total. The first kappa shape index (κ1) is 25.5. The highest BCUT2D eigenvalue weighted by molar-refractivity contribution is 7.09. The van der Waals surface area contributed by atoms with Crippen LogP contribution in [-0.4, -0.2) is 22.3 Å². The Morgan fingerprint density at radius 1 is 1.00 bits per heavy atom. The standard InChI is InChI=1S/C26H24F3N3O3S/c1-15-23(18-7-3-10-22(35-2)24(18)29)25(33)32(13-16(30)12-17-6-5-11-36-17)26(34)31(15)14-19-20(27)8-4-9-21(19)28/h3-11,16H,12-14,30H2,1-2H3. The van der Waals surface area contributed by atoms with Crippen LogP contribution in [0.3, 0.4) is 0 Å². The summed E-state index contributed by atoms with van der Waals surface area (Å²) in [6.45, 7) is 0.766. The number of aromatic nitrogens is 2. The van der Waals surface area contributed by atoms with Crippen LogP contribution in [-0.2, 0) is 19.5 Å². The predicted octanol–water partition coefficient (Wildman–Crippen LogP) is 4.09. The van der Waals surface area contributed by atoms with Crippen LogP contribution in [0, 0.1) is 24.4 Å². The van der Waals surface area contributed by atoms with E-state index in [9.17, 15) is 18.4 Å². The van der Waals surface area contributed by atoms with Gasteiger partial charge in [-0.1, -0.05) is 24.3 Å². The first-order valence-electron chi connectivity index (χ1n) is 11.1. The summed E-state index contributed by atoms with van der Waals surface area (Å²) in [6, 6.07) is 10.8. The van der Waals surface area contributed by atoms with E-state index in [-0.39, 0.29) is 34.7 Å². The molecule has 1 atom stereocenters. The molecule has 10 heteroatoms. The van der Waals surface area contributed by atoms with Gasteiger partial charge in [-0.3, -0.25) is 13.9 Å². The van der Waals surface area contributed by atoms with Crippen molar-refractivity contribution in [2.75, 3.05) is 7.11 Å². The van der Waals surface area contributed by atoms with E-state index in [1.807, 2.05) is 17.5 Å². The molecule has 0 fully saturated rings. The van der Waals surface area contributed by atoms with Gasteiger partial charge >= 0.3 is 5.69 Å². The van der Waals surface area contributed by atoms with Crippen molar-refractivity contribution in [3.8, 4) is 16.9 Å². The minimum absolute atomic E-state index is 0.0582. The van der Waals surface area contributed by atoms with Crippen LogP contribution < -0.4 is 21.7 Å². The number of thiophene rings is 1. The van der Waals surface area contributed by atoms with Crippen molar-refractivity contribution in [2.24, 2.45) is 5.73 Å². The second-order valence-electron chi connectivity index (χ2n) is 8.31. The molecule has 2 aromatic carbocycles. The summed E-state index contributed by atoms with van der Waals surface area (Å²) in [5.74, 6) is -2.58. The Morgan fingerprint density at radius 2 is 1.69 bits per heavy atom. The molecule has 0 amide bonds. The summed E-state index contributed by atoms with van der Waals surface area (Å²) in [7, 11) is 1.29. The van der Waals surface area contributed by atoms with Gasteiger partial charge in [0.05, 0.1) is 19.2 Å². The molecule has 2 aromatic heterocycles. The van der Waals surface area contributed by atoms with Gasteiger partial charge in [0.15, 0.2) is 11.6 Å². The summed E-state index contributed by atoms with van der Waals surface area (Å²) >= 11 is 1.49. The average Bonchev–Trinajstić information content (AvgIpc) is 3.35. The maximum Gasteiger partial charge on any atom is 0.331 e. The number of nitrogens with zero attached hydrogens (tertiary/aromatic N) is 2. The molecule has 0 radical (unpaired) electrons. The summed E-state index contributed by atoms with van der Waals surface area (Å²) in [4.78, 5) is 28.0. The Balaban J connectivity index is 1.92. The van der Waals surface area contributed by atoms with Crippen molar-refractivity contribution in [1.82, 2.24) is 9.13 Å². The van der Waals surface area contributed by atoms with Gasteiger partial charge in [0, 0.05) is 34.3 Å². The highest BCUT2D eigenvalue weighted by atomic mass is 32.1. The Hall–Kier alpha value is -3.63. The quantitative estimate of drug-likeness (QED) is 0.384. The van der Waals surface area contributed by atoms with Gasteiger partial charge in [0.2, 0.25) is 0 Å². The fourth-order valence-electron chi connectivity index (χ4n) is 4.15. The molecular formula is C26H24F3N3O3S. The van der Waals surface area contributed by atoms with Crippen LogP contribution >= 0.6 is 11.3 Å². The number of rotatable bonds is 8. The van der Waals surface area contributed by atoms with Crippen LogP contribution in [0.4, 0.5) is 13.2 Å². The molecule has 188 valence electrons. The maximum absolute atomic E-state index is 15.2. The van der Waals surface area contributed by atoms with Crippen LogP contribution in [0.2, 0.25) is 0 Å². The van der Waals surface area contributed by atoms with E-state index in [1.165, 1.54) is 49.6 Å². The van der Waals surface area contributed by atoms with E-state index in [0.717, 1.165) is 26.1 Å². The SMILES string of the molecule is COc1cccc(-c2c(C)n(Cc3c(F)cccc3F)c(=O)n(CC(N)Cc3cccs3)c2=O)c1F. The van der Waals surface area contributed by atoms with E-state index in [2.05, 4.69) is 0 Å². The van der Waals surface area contributed by atoms with Crippen molar-refractivity contribution in [3.63, 3.8) is 0 Å². The van der Waals surface area contributed by atoms with Gasteiger partial charge in [0.25, 0.3) is 5.56 Å². The number of benzene rings is 2. The van der Waals surface area contributed by atoms with Crippen molar-refractivity contribution in [1.29, 1.82) is 0 Å². The lowest BCUT2D eigenvalue weighted by Gasteiger charge is -2.20. The number of methoxy groups -OCH3 is 1. The first-order chi connectivity index (χ1) is 17.2. The number of ether oxygens (including phenoxy) is 1. The zero-order valence-corrected chi connectivity index (χ0v) is 20.4. The van der Waals surface area contributed by atoms with E-state index < -0.39 is 41.3 Å². The lowest BCUT2D eigenvalue weighted by molar-refractivity contribution is 0.387. The second-order valence-corrected chi connectivity index (χ2v) is 9.34. The molecule has 6 nitrogen and oxygen atoms in total. The van der Waals surface area contributed by atoms with Gasteiger partial charge in [-0.05, 0) is 43.0 Å². The molecule has 4 aromatic rings. The highest BCUT2D eigenvalue weighted by Gasteiger charge is 2.24. The fraction of sp³-hybridized carbons (Fsp3) is 0.231. The molecule has 0 bridgehead atoms. The molecule has 1 unspecified atom stereocenters. The van der Waals surface area contributed by atoms with Crippen LogP contribution in [0.1, 0.15) is 16.1 Å². The van der Waals surface area contributed by atoms with E-state index in [1.54, 1.807) is 0 Å². The molecular weight excluding hydrogens is 491 g/mol. The molecule has 0 saturated heterocycles. The van der Waals surface area contributed by atoms with Crippen molar-refractivity contribution < 1.29 is 17.9 Å². The largest absolute Gasteiger partial charge is 0.494 e.